The minimum absolute atomic E-state index is 0.00290. The molecule has 0 amide bonds. The third-order valence-electron chi connectivity index (χ3n) is 3.17. The lowest BCUT2D eigenvalue weighted by Gasteiger charge is -2.07. The molecule has 3 rings (SSSR count). The van der Waals surface area contributed by atoms with Crippen LogP contribution in [0.4, 0.5) is 13.2 Å². The van der Waals surface area contributed by atoms with Crippen LogP contribution >= 0.6 is 0 Å². The predicted octanol–water partition coefficient (Wildman–Crippen LogP) is 0.742. The third kappa shape index (κ3) is 1.99. The minimum atomic E-state index is -4.65. The molecule has 0 bridgehead atoms. The van der Waals surface area contributed by atoms with Gasteiger partial charge >= 0.3 is 6.18 Å². The number of H-pyrrole nitrogens is 2. The maximum absolute atomic E-state index is 12.7. The van der Waals surface area contributed by atoms with Gasteiger partial charge in [-0.3, -0.25) is 9.89 Å². The summed E-state index contributed by atoms with van der Waals surface area (Å²) in [6, 6.07) is 0. The van der Waals surface area contributed by atoms with E-state index < -0.39 is 22.8 Å². The van der Waals surface area contributed by atoms with E-state index in [2.05, 4.69) is 20.4 Å². The van der Waals surface area contributed by atoms with E-state index in [4.69, 9.17) is 0 Å². The van der Waals surface area contributed by atoms with Gasteiger partial charge in [0.1, 0.15) is 11.2 Å². The summed E-state index contributed by atoms with van der Waals surface area (Å²) in [6.07, 6.45) is -3.87. The molecule has 1 saturated heterocycles. The first kappa shape index (κ1) is 12.2. The Kier molecular flexibility index (Phi) is 2.59. The van der Waals surface area contributed by atoms with Crippen molar-refractivity contribution < 1.29 is 13.2 Å². The largest absolute Gasteiger partial charge is 0.433 e. The molecule has 0 aliphatic carbocycles. The van der Waals surface area contributed by atoms with Crippen molar-refractivity contribution in [2.75, 3.05) is 13.1 Å². The third-order valence-corrected chi connectivity index (χ3v) is 3.17. The molecule has 1 aliphatic heterocycles. The zero-order valence-electron chi connectivity index (χ0n) is 9.64. The number of nitrogens with one attached hydrogen (secondary N) is 3. The number of hydrogen-bond donors (Lipinski definition) is 3. The Morgan fingerprint density at radius 2 is 2.11 bits per heavy atom. The molecular formula is C10H10F3N5O. The summed E-state index contributed by atoms with van der Waals surface area (Å²) in [5.41, 5.74) is -2.17. The Labute approximate surface area is 104 Å². The number of aromatic amines is 2. The Morgan fingerprint density at radius 3 is 2.74 bits per heavy atom. The number of nitrogens with zero attached hydrogens (tertiary/aromatic N) is 2. The van der Waals surface area contributed by atoms with Crippen molar-refractivity contribution in [1.29, 1.82) is 0 Å². The number of hydrogen-bond acceptors (Lipinski definition) is 4. The van der Waals surface area contributed by atoms with Crippen LogP contribution in [0.1, 0.15) is 23.9 Å². The maximum atomic E-state index is 12.7. The van der Waals surface area contributed by atoms with E-state index in [1.54, 1.807) is 0 Å². The Morgan fingerprint density at radius 1 is 1.32 bits per heavy atom. The summed E-state index contributed by atoms with van der Waals surface area (Å²) in [5, 5.41) is 7.88. The quantitative estimate of drug-likeness (QED) is 0.715. The summed E-state index contributed by atoms with van der Waals surface area (Å²) in [6.45, 7) is 1.44. The smallest absolute Gasteiger partial charge is 0.316 e. The van der Waals surface area contributed by atoms with Gasteiger partial charge in [-0.2, -0.15) is 18.3 Å². The highest BCUT2D eigenvalue weighted by Gasteiger charge is 2.37. The topological polar surface area (TPSA) is 86.5 Å². The molecule has 3 heterocycles. The second-order valence-electron chi connectivity index (χ2n) is 4.44. The fraction of sp³-hybridized carbons (Fsp3) is 0.500. The van der Waals surface area contributed by atoms with E-state index in [1.807, 2.05) is 5.10 Å². The van der Waals surface area contributed by atoms with Crippen molar-refractivity contribution in [2.24, 2.45) is 0 Å². The standard InChI is InChI=1S/C10H10F3N5O/c11-10(12,13)6-5-8(18-17-6)15-7(16-9(5)19)4-1-2-14-3-4/h4,14H,1-3H2,(H2,15,16,17,18,19). The van der Waals surface area contributed by atoms with Gasteiger partial charge in [-0.05, 0) is 13.0 Å². The van der Waals surface area contributed by atoms with E-state index >= 15 is 0 Å². The molecule has 2 aromatic heterocycles. The van der Waals surface area contributed by atoms with Crippen LogP contribution in [0, 0.1) is 0 Å². The Hall–Kier alpha value is -1.90. The van der Waals surface area contributed by atoms with Crippen molar-refractivity contribution in [1.82, 2.24) is 25.5 Å². The second-order valence-corrected chi connectivity index (χ2v) is 4.44. The van der Waals surface area contributed by atoms with Crippen LogP contribution < -0.4 is 10.9 Å². The molecule has 0 aromatic carbocycles. The molecule has 0 spiro atoms. The number of fused-ring (bicyclic) bond motifs is 1. The van der Waals surface area contributed by atoms with E-state index in [9.17, 15) is 18.0 Å². The van der Waals surface area contributed by atoms with Gasteiger partial charge < -0.3 is 10.3 Å². The van der Waals surface area contributed by atoms with Crippen molar-refractivity contribution in [3.63, 3.8) is 0 Å². The van der Waals surface area contributed by atoms with Gasteiger partial charge in [0.25, 0.3) is 5.56 Å². The Balaban J connectivity index is 2.16. The summed E-state index contributed by atoms with van der Waals surface area (Å²) in [4.78, 5) is 18.2. The molecule has 19 heavy (non-hydrogen) atoms. The fourth-order valence-electron chi connectivity index (χ4n) is 2.24. The lowest BCUT2D eigenvalue weighted by Crippen LogP contribution is -2.18. The molecule has 6 nitrogen and oxygen atoms in total. The molecule has 0 radical (unpaired) electrons. The monoisotopic (exact) mass is 273 g/mol. The van der Waals surface area contributed by atoms with Crippen molar-refractivity contribution in [2.45, 2.75) is 18.5 Å². The van der Waals surface area contributed by atoms with E-state index in [0.717, 1.165) is 13.0 Å². The summed E-state index contributed by atoms with van der Waals surface area (Å²) in [7, 11) is 0. The Bertz CT molecular complexity index is 668. The van der Waals surface area contributed by atoms with Gasteiger partial charge in [-0.1, -0.05) is 0 Å². The van der Waals surface area contributed by atoms with Crippen LogP contribution in [0.15, 0.2) is 4.79 Å². The van der Waals surface area contributed by atoms with Crippen LogP contribution in [-0.4, -0.2) is 33.3 Å². The summed E-state index contributed by atoms with van der Waals surface area (Å²) in [5.74, 6) is 0.380. The molecule has 1 fully saturated rings. The first-order valence-corrected chi connectivity index (χ1v) is 5.73. The number of rotatable bonds is 1. The zero-order valence-corrected chi connectivity index (χ0v) is 9.64. The highest BCUT2D eigenvalue weighted by Crippen LogP contribution is 2.31. The molecule has 0 saturated carbocycles. The maximum Gasteiger partial charge on any atom is 0.433 e. The van der Waals surface area contributed by atoms with Crippen molar-refractivity contribution in [3.05, 3.63) is 21.9 Å². The van der Waals surface area contributed by atoms with Crippen molar-refractivity contribution >= 4 is 11.0 Å². The number of alkyl halides is 3. The predicted molar refractivity (Wildman–Crippen MR) is 59.7 cm³/mol. The molecule has 9 heteroatoms. The lowest BCUT2D eigenvalue weighted by molar-refractivity contribution is -0.140. The zero-order chi connectivity index (χ0) is 13.6. The normalized spacial score (nSPS) is 20.3. The van der Waals surface area contributed by atoms with E-state index in [0.29, 0.717) is 12.4 Å². The fourth-order valence-corrected chi connectivity index (χ4v) is 2.24. The van der Waals surface area contributed by atoms with Gasteiger partial charge in [0.15, 0.2) is 11.3 Å². The highest BCUT2D eigenvalue weighted by molar-refractivity contribution is 5.77. The average Bonchev–Trinajstić information content (AvgIpc) is 2.96. The molecule has 102 valence electrons. The molecule has 1 atom stereocenters. The molecular weight excluding hydrogens is 263 g/mol. The average molecular weight is 273 g/mol. The summed E-state index contributed by atoms with van der Waals surface area (Å²) < 4.78 is 38.0. The lowest BCUT2D eigenvalue weighted by atomic mass is 10.1. The molecule has 1 unspecified atom stereocenters. The van der Waals surface area contributed by atoms with E-state index in [1.165, 1.54) is 0 Å². The van der Waals surface area contributed by atoms with Crippen LogP contribution in [0.2, 0.25) is 0 Å². The van der Waals surface area contributed by atoms with Gasteiger partial charge in [0.05, 0.1) is 0 Å². The number of halogens is 3. The van der Waals surface area contributed by atoms with Crippen LogP contribution in [-0.2, 0) is 6.18 Å². The number of aromatic nitrogens is 4. The van der Waals surface area contributed by atoms with Gasteiger partial charge in [-0.25, -0.2) is 4.98 Å². The first-order chi connectivity index (χ1) is 8.97. The molecule has 2 aromatic rings. The van der Waals surface area contributed by atoms with Crippen LogP contribution in [0.5, 0.6) is 0 Å². The minimum Gasteiger partial charge on any atom is -0.316 e. The second kappa shape index (κ2) is 4.05. The summed E-state index contributed by atoms with van der Waals surface area (Å²) >= 11 is 0. The van der Waals surface area contributed by atoms with Gasteiger partial charge in [0.2, 0.25) is 0 Å². The molecule has 1 aliphatic rings. The van der Waals surface area contributed by atoms with Gasteiger partial charge in [-0.15, -0.1) is 0 Å². The van der Waals surface area contributed by atoms with Crippen molar-refractivity contribution in [3.8, 4) is 0 Å². The molecule has 3 N–H and O–H groups in total. The van der Waals surface area contributed by atoms with Gasteiger partial charge in [0, 0.05) is 12.5 Å². The SMILES string of the molecule is O=c1[nH]c(C2CCNC2)nc2n[nH]c(C(F)(F)F)c12. The highest BCUT2D eigenvalue weighted by atomic mass is 19.4. The van der Waals surface area contributed by atoms with Crippen LogP contribution in [0.3, 0.4) is 0 Å². The van der Waals surface area contributed by atoms with E-state index in [-0.39, 0.29) is 11.6 Å². The first-order valence-electron chi connectivity index (χ1n) is 5.73. The van der Waals surface area contributed by atoms with Crippen LogP contribution in [0.25, 0.3) is 11.0 Å².